The molecule has 1 fully saturated rings. The molecule has 8 unspecified atom stereocenters. The van der Waals surface area contributed by atoms with Crippen molar-refractivity contribution < 1.29 is 77.7 Å². The Morgan fingerprint density at radius 3 is 2.50 bits per heavy atom. The number of carboxylic acid groups (broad SMARTS) is 1. The first-order valence-corrected chi connectivity index (χ1v) is 15.4. The van der Waals surface area contributed by atoms with Gasteiger partial charge in [0.15, 0.2) is 29.6 Å². The third-order valence-electron chi connectivity index (χ3n) is 8.06. The first-order valence-electron chi connectivity index (χ1n) is 15.4. The fourth-order valence-corrected chi connectivity index (χ4v) is 5.87. The largest absolute Gasteiger partial charge is 0.492 e. The topological polar surface area (TPSA) is 233 Å². The molecular weight excluding hydrogens is 642 g/mol. The highest BCUT2D eigenvalue weighted by molar-refractivity contribution is 5.90. The highest BCUT2D eigenvalue weighted by Crippen LogP contribution is 2.55. The molecule has 6 N–H and O–H groups in total. The Labute approximate surface area is 273 Å². The van der Waals surface area contributed by atoms with E-state index in [0.717, 1.165) is 5.56 Å². The molecule has 0 spiro atoms. The number of benzene rings is 2. The van der Waals surface area contributed by atoms with Crippen LogP contribution in [0, 0.1) is 0 Å². The van der Waals surface area contributed by atoms with E-state index in [0.29, 0.717) is 35.2 Å². The van der Waals surface area contributed by atoms with Crippen molar-refractivity contribution in [1.82, 2.24) is 0 Å². The van der Waals surface area contributed by atoms with Crippen LogP contribution in [0.5, 0.6) is 28.7 Å². The summed E-state index contributed by atoms with van der Waals surface area (Å²) in [6, 6.07) is 8.55. The highest BCUT2D eigenvalue weighted by atomic mass is 17.2. The maximum absolute atomic E-state index is 11.9. The van der Waals surface area contributed by atoms with Gasteiger partial charge < -0.3 is 68.9 Å². The molecule has 2 aromatic rings. The van der Waals surface area contributed by atoms with E-state index < -0.39 is 68.1 Å². The summed E-state index contributed by atoms with van der Waals surface area (Å²) in [5.41, 5.74) is 7.17. The molecule has 4 aliphatic heterocycles. The lowest BCUT2D eigenvalue weighted by Gasteiger charge is -2.42. The second kappa shape index (κ2) is 15.1. The molecule has 4 aliphatic rings. The number of hydrogen-bond acceptors (Lipinski definition) is 16. The molecule has 17 nitrogen and oxygen atoms in total. The number of fused-ring (bicyclic) bond motifs is 6. The molecule has 1 saturated heterocycles. The van der Waals surface area contributed by atoms with Crippen molar-refractivity contribution in [3.8, 4) is 28.7 Å². The first-order chi connectivity index (χ1) is 23.3. The van der Waals surface area contributed by atoms with Crippen LogP contribution in [0.3, 0.4) is 0 Å². The molecular formula is C31H37NO16. The minimum atomic E-state index is -1.46. The number of aliphatic hydroxyl groups is 3. The Morgan fingerprint density at radius 2 is 1.75 bits per heavy atom. The van der Waals surface area contributed by atoms with Crippen molar-refractivity contribution in [1.29, 1.82) is 0 Å². The Kier molecular flexibility index (Phi) is 10.7. The maximum Gasteiger partial charge on any atom is 0.317 e. The third kappa shape index (κ3) is 7.23. The Hall–Kier alpha value is -3.94. The van der Waals surface area contributed by atoms with Crippen LogP contribution in [0.15, 0.2) is 30.3 Å². The number of ether oxygens (including phenoxy) is 8. The number of aliphatic carboxylic acids is 1. The Balaban J connectivity index is 1.16. The summed E-state index contributed by atoms with van der Waals surface area (Å²) in [5, 5.41) is 38.9. The second-order valence-electron chi connectivity index (χ2n) is 11.3. The van der Waals surface area contributed by atoms with Crippen LogP contribution in [0.2, 0.25) is 0 Å². The van der Waals surface area contributed by atoms with Crippen molar-refractivity contribution in [2.45, 2.75) is 61.9 Å². The van der Waals surface area contributed by atoms with Crippen molar-refractivity contribution >= 4 is 11.9 Å². The van der Waals surface area contributed by atoms with Gasteiger partial charge in [0.2, 0.25) is 0 Å². The molecule has 48 heavy (non-hydrogen) atoms. The number of rotatable bonds is 15. The summed E-state index contributed by atoms with van der Waals surface area (Å²) >= 11 is 0. The van der Waals surface area contributed by atoms with E-state index in [9.17, 15) is 24.9 Å². The van der Waals surface area contributed by atoms with Crippen LogP contribution in [0.25, 0.3) is 0 Å². The van der Waals surface area contributed by atoms with E-state index >= 15 is 0 Å². The van der Waals surface area contributed by atoms with Gasteiger partial charge in [0, 0.05) is 37.0 Å². The lowest BCUT2D eigenvalue weighted by Crippen LogP contribution is -2.61. The zero-order chi connectivity index (χ0) is 33.8. The van der Waals surface area contributed by atoms with Gasteiger partial charge in [-0.3, -0.25) is 9.59 Å². The van der Waals surface area contributed by atoms with Crippen LogP contribution in [-0.4, -0.2) is 116 Å². The van der Waals surface area contributed by atoms with Crippen molar-refractivity contribution in [2.24, 2.45) is 5.73 Å². The number of carboxylic acids is 1. The van der Waals surface area contributed by atoms with Crippen molar-refractivity contribution in [3.05, 3.63) is 41.5 Å². The summed E-state index contributed by atoms with van der Waals surface area (Å²) in [4.78, 5) is 34.2. The van der Waals surface area contributed by atoms with E-state index in [-0.39, 0.29) is 51.1 Å². The van der Waals surface area contributed by atoms with Gasteiger partial charge in [0.05, 0.1) is 19.1 Å². The Morgan fingerprint density at radius 1 is 0.938 bits per heavy atom. The zero-order valence-electron chi connectivity index (χ0n) is 25.6. The van der Waals surface area contributed by atoms with Gasteiger partial charge >= 0.3 is 11.9 Å². The predicted octanol–water partition coefficient (Wildman–Crippen LogP) is -0.0885. The van der Waals surface area contributed by atoms with Crippen LogP contribution in [0.4, 0.5) is 0 Å². The molecule has 17 heteroatoms. The smallest absolute Gasteiger partial charge is 0.317 e. The highest BCUT2D eigenvalue weighted by Gasteiger charge is 2.49. The molecule has 0 aliphatic carbocycles. The van der Waals surface area contributed by atoms with Crippen LogP contribution in [-0.2, 0) is 33.4 Å². The lowest BCUT2D eigenvalue weighted by molar-refractivity contribution is -0.375. The number of nitrogens with two attached hydrogens (primary N) is 1. The number of aliphatic hydroxyl groups excluding tert-OH is 3. The van der Waals surface area contributed by atoms with E-state index in [1.807, 2.05) is 6.07 Å². The molecule has 6 rings (SSSR count). The van der Waals surface area contributed by atoms with Gasteiger partial charge in [-0.2, -0.15) is 4.89 Å². The van der Waals surface area contributed by atoms with Gasteiger partial charge in [-0.15, -0.1) is 0 Å². The van der Waals surface area contributed by atoms with Crippen molar-refractivity contribution in [3.63, 3.8) is 0 Å². The van der Waals surface area contributed by atoms with Crippen LogP contribution >= 0.6 is 0 Å². The van der Waals surface area contributed by atoms with E-state index in [1.54, 1.807) is 24.3 Å². The minimum absolute atomic E-state index is 0.0100. The summed E-state index contributed by atoms with van der Waals surface area (Å²) in [7, 11) is 0. The standard InChI is InChI=1S/C31H37NO16/c32-4-7-40-31-30(27(38)29(39-6-1-5-33)23(46-31)14-42-25(37)11-24(35)36)48-47-15-2-3-19-17(8-15)28-18(13-41-19)16-9-21-22(10-20(16)45-28)44-26(12-34)43-21/h2-3,8-10,18,23,26-31,33-34,38H,1,4-7,11-14,32H2,(H,35,36). The van der Waals surface area contributed by atoms with Gasteiger partial charge in [-0.1, -0.05) is 0 Å². The van der Waals surface area contributed by atoms with Gasteiger partial charge in [0.1, 0.15) is 55.5 Å². The second-order valence-corrected chi connectivity index (χ2v) is 11.3. The van der Waals surface area contributed by atoms with Gasteiger partial charge in [0.25, 0.3) is 6.29 Å². The number of carbonyl (C=O) groups is 2. The fraction of sp³-hybridized carbons (Fsp3) is 0.548. The third-order valence-corrected chi connectivity index (χ3v) is 8.06. The minimum Gasteiger partial charge on any atom is -0.492 e. The fourth-order valence-electron chi connectivity index (χ4n) is 5.87. The molecule has 262 valence electrons. The average Bonchev–Trinajstić information content (AvgIpc) is 3.65. The lowest BCUT2D eigenvalue weighted by atomic mass is 9.89. The zero-order valence-corrected chi connectivity index (χ0v) is 25.6. The van der Waals surface area contributed by atoms with Crippen LogP contribution < -0.4 is 29.6 Å². The van der Waals surface area contributed by atoms with E-state index in [4.69, 9.17) is 58.5 Å². The molecule has 0 saturated carbocycles. The molecule has 8 atom stereocenters. The summed E-state index contributed by atoms with van der Waals surface area (Å²) in [6.07, 6.45) is -8.09. The molecule has 0 amide bonds. The number of hydrogen-bond donors (Lipinski definition) is 5. The van der Waals surface area contributed by atoms with Crippen LogP contribution in [0.1, 0.15) is 36.0 Å². The van der Waals surface area contributed by atoms with E-state index in [2.05, 4.69) is 0 Å². The number of esters is 1. The summed E-state index contributed by atoms with van der Waals surface area (Å²) in [5.74, 6) is -0.152. The quantitative estimate of drug-likeness (QED) is 0.0544. The molecule has 0 aromatic heterocycles. The summed E-state index contributed by atoms with van der Waals surface area (Å²) in [6.45, 7) is -0.447. The average molecular weight is 680 g/mol. The summed E-state index contributed by atoms with van der Waals surface area (Å²) < 4.78 is 46.1. The predicted molar refractivity (Wildman–Crippen MR) is 156 cm³/mol. The van der Waals surface area contributed by atoms with Gasteiger partial charge in [-0.25, -0.2) is 0 Å². The number of carbonyl (C=O) groups excluding carboxylic acids is 1. The van der Waals surface area contributed by atoms with E-state index in [1.165, 1.54) is 0 Å². The van der Waals surface area contributed by atoms with Gasteiger partial charge in [-0.05, 0) is 30.7 Å². The molecule has 0 radical (unpaired) electrons. The SMILES string of the molecule is NCCOC1OC(COC(=O)CC(=O)O)C(OCCCO)C(O)C1OOc1ccc2c(c1)C1Oc3cc4c(cc3C1CO2)OC(CO)O4. The molecule has 4 heterocycles. The maximum atomic E-state index is 11.9. The van der Waals surface area contributed by atoms with Crippen molar-refractivity contribution in [2.75, 3.05) is 46.2 Å². The Bertz CT molecular complexity index is 1460. The molecule has 0 bridgehead atoms. The molecule has 2 aromatic carbocycles. The normalized spacial score (nSPS) is 28.0. The monoisotopic (exact) mass is 679 g/mol. The first kappa shape index (κ1) is 33.9.